The summed E-state index contributed by atoms with van der Waals surface area (Å²) in [5.74, 6) is 0. The zero-order valence-electron chi connectivity index (χ0n) is 6.81. The Hall–Kier alpha value is -1.69. The van der Waals surface area contributed by atoms with E-state index in [-0.39, 0.29) is 5.11 Å². The topological polar surface area (TPSA) is 108 Å². The third-order valence-electron chi connectivity index (χ3n) is 0.983. The number of carbonyl (C=O) groups is 1. The lowest BCUT2D eigenvalue weighted by molar-refractivity contribution is 0.112. The molecule has 0 fully saturated rings. The van der Waals surface area contributed by atoms with Crippen LogP contribution in [0, 0.1) is 0 Å². The molecule has 0 atom stereocenters. The van der Waals surface area contributed by atoms with Crippen LogP contribution in [0.4, 0.5) is 5.69 Å². The highest BCUT2D eigenvalue weighted by molar-refractivity contribution is 7.80. The minimum atomic E-state index is 0.000000000000000222. The molecule has 0 radical (unpaired) electrons. The van der Waals surface area contributed by atoms with Crippen LogP contribution in [0.5, 0.6) is 0 Å². The van der Waals surface area contributed by atoms with Crippen molar-refractivity contribution in [2.75, 3.05) is 5.73 Å². The summed E-state index contributed by atoms with van der Waals surface area (Å²) < 4.78 is 0. The van der Waals surface area contributed by atoms with Crippen LogP contribution in [-0.2, 0) is 0 Å². The van der Waals surface area contributed by atoms with E-state index in [2.05, 4.69) is 28.7 Å². The molecule has 0 saturated carbocycles. The van der Waals surface area contributed by atoms with Gasteiger partial charge >= 0.3 is 0 Å². The molecule has 0 aliphatic heterocycles. The average Bonchev–Trinajstić information content (AvgIpc) is 2.04. The van der Waals surface area contributed by atoms with E-state index in [1.807, 2.05) is 0 Å². The summed E-state index contributed by atoms with van der Waals surface area (Å²) in [6.07, 6.45) is 2.16. The lowest BCUT2D eigenvalue weighted by Crippen LogP contribution is -2.18. The fourth-order valence-electron chi connectivity index (χ4n) is 0.528. The van der Waals surface area contributed by atoms with Crippen LogP contribution in [0.1, 0.15) is 10.5 Å². The molecule has 13 heavy (non-hydrogen) atoms. The van der Waals surface area contributed by atoms with Crippen LogP contribution in [-0.4, -0.2) is 16.4 Å². The molecule has 70 valence electrons. The van der Waals surface area contributed by atoms with Crippen LogP contribution in [0.3, 0.4) is 0 Å². The van der Waals surface area contributed by atoms with Gasteiger partial charge in [-0.05, 0) is 24.4 Å². The number of hydrogen-bond donors (Lipinski definition) is 3. The second-order valence-electron chi connectivity index (χ2n) is 2.00. The largest absolute Gasteiger partial charge is 0.397 e. The Kier molecular flexibility index (Phi) is 5.13. The lowest BCUT2D eigenvalue weighted by atomic mass is 10.3. The highest BCUT2D eigenvalue weighted by Gasteiger charge is 1.92. The number of rotatable bonds is 1. The van der Waals surface area contributed by atoms with Gasteiger partial charge in [-0.25, -0.2) is 0 Å². The molecule has 0 saturated heterocycles. The quantitative estimate of drug-likeness (QED) is 0.421. The maximum absolute atomic E-state index is 10.1. The molecule has 6 heteroatoms. The van der Waals surface area contributed by atoms with Crippen molar-refractivity contribution < 1.29 is 4.79 Å². The van der Waals surface area contributed by atoms with E-state index in [0.717, 1.165) is 0 Å². The van der Waals surface area contributed by atoms with Crippen LogP contribution in [0.15, 0.2) is 18.3 Å². The second kappa shape index (κ2) is 5.90. The number of carbonyl (C=O) groups excluding carboxylic acids is 1. The molecule has 1 aromatic heterocycles. The van der Waals surface area contributed by atoms with Crippen molar-refractivity contribution in [2.45, 2.75) is 0 Å². The Bertz CT molecular complexity index is 298. The van der Waals surface area contributed by atoms with Gasteiger partial charge in [0.05, 0.1) is 5.69 Å². The predicted molar refractivity (Wildman–Crippen MR) is 55.0 cm³/mol. The maximum atomic E-state index is 10.1. The fraction of sp³-hybridized carbons (Fsp3) is 0. The number of aldehydes is 1. The van der Waals surface area contributed by atoms with Gasteiger partial charge in [0.1, 0.15) is 5.69 Å². The third-order valence-corrected chi connectivity index (χ3v) is 0.983. The Labute approximate surface area is 80.9 Å². The van der Waals surface area contributed by atoms with Crippen LogP contribution < -0.4 is 17.2 Å². The summed E-state index contributed by atoms with van der Waals surface area (Å²) in [7, 11) is 0. The van der Waals surface area contributed by atoms with Gasteiger partial charge in [-0.1, -0.05) is 0 Å². The summed E-state index contributed by atoms with van der Waals surface area (Å²) in [4.78, 5) is 13.8. The van der Waals surface area contributed by atoms with Crippen LogP contribution in [0.25, 0.3) is 0 Å². The number of anilines is 1. The maximum Gasteiger partial charge on any atom is 0.170 e. The SMILES string of the molecule is NC(N)=S.Nc1cccnc1C=O. The van der Waals surface area contributed by atoms with Crippen molar-refractivity contribution in [1.29, 1.82) is 0 Å². The Morgan fingerprint density at radius 3 is 2.38 bits per heavy atom. The average molecular weight is 198 g/mol. The molecule has 1 aromatic rings. The number of aromatic nitrogens is 1. The molecule has 0 bridgehead atoms. The summed E-state index contributed by atoms with van der Waals surface area (Å²) >= 11 is 4.09. The normalized spacial score (nSPS) is 8.00. The van der Waals surface area contributed by atoms with Crippen LogP contribution in [0.2, 0.25) is 0 Å². The Morgan fingerprint density at radius 1 is 1.54 bits per heavy atom. The van der Waals surface area contributed by atoms with E-state index < -0.39 is 0 Å². The van der Waals surface area contributed by atoms with E-state index in [4.69, 9.17) is 5.73 Å². The second-order valence-corrected chi connectivity index (χ2v) is 2.47. The van der Waals surface area contributed by atoms with Gasteiger partial charge in [0.2, 0.25) is 0 Å². The highest BCUT2D eigenvalue weighted by atomic mass is 32.1. The van der Waals surface area contributed by atoms with Crippen LogP contribution >= 0.6 is 12.2 Å². The minimum absolute atomic E-state index is 0.000000000000000222. The number of pyridine rings is 1. The Morgan fingerprint density at radius 2 is 2.08 bits per heavy atom. The van der Waals surface area contributed by atoms with E-state index in [0.29, 0.717) is 17.7 Å². The van der Waals surface area contributed by atoms with Gasteiger partial charge in [0, 0.05) is 6.20 Å². The number of nitrogens with zero attached hydrogens (tertiary/aromatic N) is 1. The summed E-state index contributed by atoms with van der Waals surface area (Å²) in [6, 6.07) is 3.32. The van der Waals surface area contributed by atoms with Crippen molar-refractivity contribution in [3.63, 3.8) is 0 Å². The monoisotopic (exact) mass is 198 g/mol. The zero-order chi connectivity index (χ0) is 10.3. The number of thiocarbonyl (C=S) groups is 1. The molecule has 0 aliphatic rings. The summed E-state index contributed by atoms with van der Waals surface area (Å²) in [5.41, 5.74) is 15.3. The van der Waals surface area contributed by atoms with E-state index in [1.165, 1.54) is 6.20 Å². The number of nitrogen functional groups attached to an aromatic ring is 1. The van der Waals surface area contributed by atoms with Gasteiger partial charge in [0.25, 0.3) is 0 Å². The Balaban J connectivity index is 0.000000310. The molecule has 0 aliphatic carbocycles. The first-order valence-electron chi connectivity index (χ1n) is 3.28. The number of hydrogen-bond acceptors (Lipinski definition) is 4. The molecular formula is C7H10N4OS. The van der Waals surface area contributed by atoms with Gasteiger partial charge in [-0.15, -0.1) is 0 Å². The van der Waals surface area contributed by atoms with Gasteiger partial charge in [0.15, 0.2) is 11.4 Å². The molecule has 0 aromatic carbocycles. The molecule has 0 amide bonds. The van der Waals surface area contributed by atoms with E-state index in [1.54, 1.807) is 12.1 Å². The molecule has 5 nitrogen and oxygen atoms in total. The molecule has 0 unspecified atom stereocenters. The molecule has 1 heterocycles. The van der Waals surface area contributed by atoms with Crippen molar-refractivity contribution in [3.05, 3.63) is 24.0 Å². The summed E-state index contributed by atoms with van der Waals surface area (Å²) in [5, 5.41) is 0.000000000000000222. The zero-order valence-corrected chi connectivity index (χ0v) is 7.62. The first kappa shape index (κ1) is 11.3. The minimum Gasteiger partial charge on any atom is -0.397 e. The van der Waals surface area contributed by atoms with Crippen molar-refractivity contribution in [3.8, 4) is 0 Å². The molecule has 6 N–H and O–H groups in total. The van der Waals surface area contributed by atoms with Crippen molar-refractivity contribution >= 4 is 29.3 Å². The van der Waals surface area contributed by atoms with Gasteiger partial charge < -0.3 is 17.2 Å². The lowest BCUT2D eigenvalue weighted by Gasteiger charge is -1.91. The first-order valence-corrected chi connectivity index (χ1v) is 3.69. The molecule has 1 rings (SSSR count). The van der Waals surface area contributed by atoms with Crippen molar-refractivity contribution in [2.24, 2.45) is 11.5 Å². The highest BCUT2D eigenvalue weighted by Crippen LogP contribution is 2.01. The van der Waals surface area contributed by atoms with E-state index >= 15 is 0 Å². The van der Waals surface area contributed by atoms with Gasteiger partial charge in [-0.3, -0.25) is 9.78 Å². The third kappa shape index (κ3) is 5.57. The van der Waals surface area contributed by atoms with Crippen molar-refractivity contribution in [1.82, 2.24) is 4.98 Å². The van der Waals surface area contributed by atoms with E-state index in [9.17, 15) is 4.79 Å². The predicted octanol–water partition coefficient (Wildman–Crippen LogP) is -0.335. The standard InChI is InChI=1S/C6H6N2O.CH4N2S/c7-5-2-1-3-8-6(5)4-9;2-1(3)4/h1-4H,7H2;(H4,2,3,4). The molecular weight excluding hydrogens is 188 g/mol. The smallest absolute Gasteiger partial charge is 0.170 e. The molecule has 0 spiro atoms. The van der Waals surface area contributed by atoms with Gasteiger partial charge in [-0.2, -0.15) is 0 Å². The summed E-state index contributed by atoms with van der Waals surface area (Å²) in [6.45, 7) is 0. The number of nitrogens with two attached hydrogens (primary N) is 3. The fourth-order valence-corrected chi connectivity index (χ4v) is 0.528. The first-order chi connectivity index (χ1) is 6.07.